The molecule has 1 N–H and O–H groups in total. The predicted octanol–water partition coefficient (Wildman–Crippen LogP) is 4.32. The van der Waals surface area contributed by atoms with Crippen LogP contribution in [0.2, 0.25) is 0 Å². The van der Waals surface area contributed by atoms with Crippen molar-refractivity contribution in [3.8, 4) is 27.9 Å². The van der Waals surface area contributed by atoms with Crippen molar-refractivity contribution in [2.24, 2.45) is 0 Å². The fourth-order valence-electron chi connectivity index (χ4n) is 2.31. The van der Waals surface area contributed by atoms with Gasteiger partial charge in [-0.15, -0.1) is 11.3 Å². The zero-order valence-electron chi connectivity index (χ0n) is 10.9. The second kappa shape index (κ2) is 4.71. The van der Waals surface area contributed by atoms with Crippen LogP contribution in [0, 0.1) is 0 Å². The molecular formula is C16H10N2O2S. The lowest BCUT2D eigenvalue weighted by Crippen LogP contribution is -1.83. The minimum Gasteiger partial charge on any atom is -0.506 e. The highest BCUT2D eigenvalue weighted by Crippen LogP contribution is 2.35. The molecule has 0 saturated heterocycles. The van der Waals surface area contributed by atoms with Gasteiger partial charge < -0.3 is 9.63 Å². The summed E-state index contributed by atoms with van der Waals surface area (Å²) in [6.07, 6.45) is 0. The smallest absolute Gasteiger partial charge is 0.272 e. The van der Waals surface area contributed by atoms with Crippen molar-refractivity contribution >= 4 is 22.1 Å². The third-order valence-corrected chi connectivity index (χ3v) is 4.19. The molecule has 4 nitrogen and oxygen atoms in total. The van der Waals surface area contributed by atoms with Gasteiger partial charge in [0, 0.05) is 5.56 Å². The van der Waals surface area contributed by atoms with E-state index in [4.69, 9.17) is 4.52 Å². The van der Waals surface area contributed by atoms with E-state index in [1.807, 2.05) is 42.5 Å². The average Bonchev–Trinajstić information content (AvgIpc) is 3.15. The molecule has 2 aromatic heterocycles. The van der Waals surface area contributed by atoms with E-state index in [0.29, 0.717) is 16.6 Å². The summed E-state index contributed by atoms with van der Waals surface area (Å²) in [7, 11) is 0. The van der Waals surface area contributed by atoms with Gasteiger partial charge in [-0.25, -0.2) is 0 Å². The van der Waals surface area contributed by atoms with Crippen molar-refractivity contribution in [2.45, 2.75) is 0 Å². The van der Waals surface area contributed by atoms with E-state index >= 15 is 0 Å². The molecule has 0 saturated carbocycles. The van der Waals surface area contributed by atoms with Crippen LogP contribution in [0.3, 0.4) is 0 Å². The molecule has 102 valence electrons. The SMILES string of the molecule is Oc1ccsc1-c1nc(-c2cccc3ccccc23)no1. The summed E-state index contributed by atoms with van der Waals surface area (Å²) >= 11 is 1.37. The first-order chi connectivity index (χ1) is 10.3. The Kier molecular flexibility index (Phi) is 2.72. The van der Waals surface area contributed by atoms with E-state index in [9.17, 15) is 5.11 Å². The number of aromatic nitrogens is 2. The Balaban J connectivity index is 1.87. The minimum atomic E-state index is 0.160. The van der Waals surface area contributed by atoms with Gasteiger partial charge in [0.05, 0.1) is 0 Å². The quantitative estimate of drug-likeness (QED) is 0.598. The second-order valence-electron chi connectivity index (χ2n) is 4.58. The Bertz CT molecular complexity index is 921. The summed E-state index contributed by atoms with van der Waals surface area (Å²) in [6.45, 7) is 0. The van der Waals surface area contributed by atoms with Gasteiger partial charge in [-0.1, -0.05) is 47.6 Å². The highest BCUT2D eigenvalue weighted by molar-refractivity contribution is 7.13. The molecule has 2 aromatic carbocycles. The van der Waals surface area contributed by atoms with Crippen LogP contribution < -0.4 is 0 Å². The van der Waals surface area contributed by atoms with Crippen molar-refractivity contribution in [1.29, 1.82) is 0 Å². The third kappa shape index (κ3) is 1.98. The number of thiophene rings is 1. The molecule has 4 aromatic rings. The molecule has 0 aliphatic heterocycles. The van der Waals surface area contributed by atoms with Crippen LogP contribution in [0.4, 0.5) is 0 Å². The molecule has 0 fully saturated rings. The number of aromatic hydroxyl groups is 1. The standard InChI is InChI=1S/C16H10N2O2S/c19-13-8-9-21-14(13)16-17-15(18-20-16)12-7-3-5-10-4-1-2-6-11(10)12/h1-9,19H. The van der Waals surface area contributed by atoms with Crippen molar-refractivity contribution in [1.82, 2.24) is 10.1 Å². The van der Waals surface area contributed by atoms with Crippen LogP contribution in [-0.2, 0) is 0 Å². The molecule has 0 bridgehead atoms. The van der Waals surface area contributed by atoms with Gasteiger partial charge in [0.25, 0.3) is 5.89 Å². The fourth-order valence-corrected chi connectivity index (χ4v) is 3.01. The molecule has 0 radical (unpaired) electrons. The average molecular weight is 294 g/mol. The van der Waals surface area contributed by atoms with Crippen molar-refractivity contribution < 1.29 is 9.63 Å². The highest BCUT2D eigenvalue weighted by atomic mass is 32.1. The molecule has 4 rings (SSSR count). The van der Waals surface area contributed by atoms with E-state index < -0.39 is 0 Å². The number of benzene rings is 2. The van der Waals surface area contributed by atoms with Gasteiger partial charge >= 0.3 is 0 Å². The van der Waals surface area contributed by atoms with Crippen molar-refractivity contribution in [2.75, 3.05) is 0 Å². The predicted molar refractivity (Wildman–Crippen MR) is 82.2 cm³/mol. The molecule has 5 heteroatoms. The molecule has 0 unspecified atom stereocenters. The van der Waals surface area contributed by atoms with Gasteiger partial charge in [0.1, 0.15) is 10.6 Å². The molecule has 0 spiro atoms. The van der Waals surface area contributed by atoms with Crippen molar-refractivity contribution in [3.63, 3.8) is 0 Å². The maximum absolute atomic E-state index is 9.74. The van der Waals surface area contributed by atoms with Crippen molar-refractivity contribution in [3.05, 3.63) is 53.9 Å². The largest absolute Gasteiger partial charge is 0.506 e. The maximum Gasteiger partial charge on any atom is 0.272 e. The lowest BCUT2D eigenvalue weighted by molar-refractivity contribution is 0.427. The lowest BCUT2D eigenvalue weighted by atomic mass is 10.0. The minimum absolute atomic E-state index is 0.160. The van der Waals surface area contributed by atoms with E-state index in [0.717, 1.165) is 16.3 Å². The molecule has 0 aliphatic carbocycles. The molecule has 2 heterocycles. The summed E-state index contributed by atoms with van der Waals surface area (Å²) in [5.74, 6) is 1.02. The van der Waals surface area contributed by atoms with Crippen LogP contribution in [0.15, 0.2) is 58.4 Å². The maximum atomic E-state index is 9.74. The van der Waals surface area contributed by atoms with E-state index in [1.54, 1.807) is 11.4 Å². The number of fused-ring (bicyclic) bond motifs is 1. The fraction of sp³-hybridized carbons (Fsp3) is 0. The molecule has 0 amide bonds. The van der Waals surface area contributed by atoms with Gasteiger partial charge in [-0.3, -0.25) is 0 Å². The first-order valence-electron chi connectivity index (χ1n) is 6.41. The van der Waals surface area contributed by atoms with Crippen LogP contribution in [0.1, 0.15) is 0 Å². The van der Waals surface area contributed by atoms with Crippen LogP contribution in [0.5, 0.6) is 5.75 Å². The van der Waals surface area contributed by atoms with Crippen LogP contribution in [0.25, 0.3) is 32.9 Å². The Hall–Kier alpha value is -2.66. The molecular weight excluding hydrogens is 284 g/mol. The zero-order valence-corrected chi connectivity index (χ0v) is 11.7. The Morgan fingerprint density at radius 2 is 1.86 bits per heavy atom. The summed E-state index contributed by atoms with van der Waals surface area (Å²) in [5, 5.41) is 17.8. The zero-order chi connectivity index (χ0) is 14.2. The van der Waals surface area contributed by atoms with Gasteiger partial charge in [-0.2, -0.15) is 4.98 Å². The molecule has 21 heavy (non-hydrogen) atoms. The number of hydrogen-bond acceptors (Lipinski definition) is 5. The number of rotatable bonds is 2. The summed E-state index contributed by atoms with van der Waals surface area (Å²) in [6, 6.07) is 15.7. The molecule has 0 atom stereocenters. The van der Waals surface area contributed by atoms with Gasteiger partial charge in [-0.05, 0) is 22.2 Å². The number of hydrogen-bond donors (Lipinski definition) is 1. The Morgan fingerprint density at radius 1 is 1.00 bits per heavy atom. The number of nitrogens with zero attached hydrogens (tertiary/aromatic N) is 2. The van der Waals surface area contributed by atoms with E-state index in [-0.39, 0.29) is 5.75 Å². The Labute approximate surface area is 124 Å². The third-order valence-electron chi connectivity index (χ3n) is 3.30. The van der Waals surface area contributed by atoms with E-state index in [1.165, 1.54) is 11.3 Å². The first kappa shape index (κ1) is 12.1. The Morgan fingerprint density at radius 3 is 2.71 bits per heavy atom. The summed E-state index contributed by atoms with van der Waals surface area (Å²) in [5.41, 5.74) is 0.916. The second-order valence-corrected chi connectivity index (χ2v) is 5.50. The highest BCUT2D eigenvalue weighted by Gasteiger charge is 2.16. The topological polar surface area (TPSA) is 59.2 Å². The van der Waals surface area contributed by atoms with Crippen LogP contribution in [-0.4, -0.2) is 15.2 Å². The summed E-state index contributed by atoms with van der Waals surface area (Å²) in [4.78, 5) is 5.00. The first-order valence-corrected chi connectivity index (χ1v) is 7.29. The van der Waals surface area contributed by atoms with Crippen LogP contribution >= 0.6 is 11.3 Å². The summed E-state index contributed by atoms with van der Waals surface area (Å²) < 4.78 is 5.28. The monoisotopic (exact) mass is 294 g/mol. The van der Waals surface area contributed by atoms with Gasteiger partial charge in [0.15, 0.2) is 0 Å². The normalized spacial score (nSPS) is 11.0. The van der Waals surface area contributed by atoms with E-state index in [2.05, 4.69) is 10.1 Å². The molecule has 0 aliphatic rings. The van der Waals surface area contributed by atoms with Gasteiger partial charge in [0.2, 0.25) is 5.82 Å². The lowest BCUT2D eigenvalue weighted by Gasteiger charge is -2.01.